The fourth-order valence-corrected chi connectivity index (χ4v) is 8.38. The summed E-state index contributed by atoms with van der Waals surface area (Å²) in [6.07, 6.45) is 1.99. The number of rotatable bonds is 5. The molecule has 0 fully saturated rings. The highest BCUT2D eigenvalue weighted by atomic mass is 15.0. The summed E-state index contributed by atoms with van der Waals surface area (Å²) < 4.78 is 4.74. The first-order valence-electron chi connectivity index (χ1n) is 18.6. The lowest BCUT2D eigenvalue weighted by atomic mass is 9.97. The third kappa shape index (κ3) is 4.98. The fraction of sp³-hybridized carbons (Fsp3) is 0.0800. The van der Waals surface area contributed by atoms with Gasteiger partial charge in [0.25, 0.3) is 0 Å². The third-order valence-corrected chi connectivity index (χ3v) is 11.1. The van der Waals surface area contributed by atoms with Crippen molar-refractivity contribution in [3.05, 3.63) is 180 Å². The van der Waals surface area contributed by atoms with Gasteiger partial charge < -0.3 is 9.13 Å². The summed E-state index contributed by atoms with van der Waals surface area (Å²) in [5.41, 5.74) is 17.9. The van der Waals surface area contributed by atoms with Crippen molar-refractivity contribution in [1.29, 1.82) is 0 Å². The number of fused-ring (bicyclic) bond motifs is 6. The molecule has 54 heavy (non-hydrogen) atoms. The number of nitrogens with zero attached hydrogens (tertiary/aromatic N) is 4. The van der Waals surface area contributed by atoms with Gasteiger partial charge >= 0.3 is 0 Å². The van der Waals surface area contributed by atoms with E-state index in [1.54, 1.807) is 0 Å². The fourth-order valence-electron chi connectivity index (χ4n) is 8.38. The van der Waals surface area contributed by atoms with Gasteiger partial charge in [0, 0.05) is 55.8 Å². The highest BCUT2D eigenvalue weighted by molar-refractivity contribution is 6.10. The molecule has 0 N–H and O–H groups in total. The van der Waals surface area contributed by atoms with Gasteiger partial charge in [0.15, 0.2) is 0 Å². The third-order valence-electron chi connectivity index (χ3n) is 11.1. The monoisotopic (exact) mass is 694 g/mol. The molecule has 0 aliphatic heterocycles. The van der Waals surface area contributed by atoms with Crippen molar-refractivity contribution < 1.29 is 0 Å². The molecule has 0 amide bonds. The van der Waals surface area contributed by atoms with Crippen LogP contribution in [-0.2, 0) is 0 Å². The summed E-state index contributed by atoms with van der Waals surface area (Å²) in [4.78, 5) is 10.4. The van der Waals surface area contributed by atoms with Gasteiger partial charge in [-0.2, -0.15) is 0 Å². The van der Waals surface area contributed by atoms with Gasteiger partial charge in [-0.25, -0.2) is 4.98 Å². The van der Waals surface area contributed by atoms with Crippen LogP contribution in [0.2, 0.25) is 0 Å². The summed E-state index contributed by atoms with van der Waals surface area (Å²) >= 11 is 0. The molecule has 10 aromatic rings. The lowest BCUT2D eigenvalue weighted by Crippen LogP contribution is -1.99. The molecule has 0 radical (unpaired) electrons. The summed E-state index contributed by atoms with van der Waals surface area (Å²) in [5, 5.41) is 5.04. The average molecular weight is 695 g/mol. The smallest absolute Gasteiger partial charge is 0.0742 e. The van der Waals surface area contributed by atoms with Crippen molar-refractivity contribution in [2.24, 2.45) is 0 Å². The van der Waals surface area contributed by atoms with Gasteiger partial charge in [0.05, 0.1) is 39.1 Å². The lowest BCUT2D eigenvalue weighted by Gasteiger charge is -2.16. The van der Waals surface area contributed by atoms with Crippen molar-refractivity contribution in [3.63, 3.8) is 0 Å². The number of aryl methyl sites for hydroxylation is 4. The Morgan fingerprint density at radius 3 is 1.43 bits per heavy atom. The minimum Gasteiger partial charge on any atom is -0.309 e. The predicted molar refractivity (Wildman–Crippen MR) is 226 cm³/mol. The molecule has 0 saturated carbocycles. The molecular formula is C50H38N4. The molecule has 0 spiro atoms. The first-order valence-corrected chi connectivity index (χ1v) is 18.6. The van der Waals surface area contributed by atoms with Crippen LogP contribution < -0.4 is 0 Å². The highest BCUT2D eigenvalue weighted by Crippen LogP contribution is 2.37. The number of hydrogen-bond acceptors (Lipinski definition) is 2. The molecule has 10 rings (SSSR count). The number of pyridine rings is 2. The van der Waals surface area contributed by atoms with Crippen molar-refractivity contribution >= 4 is 43.6 Å². The zero-order valence-electron chi connectivity index (χ0n) is 30.8. The van der Waals surface area contributed by atoms with Crippen LogP contribution in [0.1, 0.15) is 22.3 Å². The topological polar surface area (TPSA) is 35.6 Å². The summed E-state index contributed by atoms with van der Waals surface area (Å²) in [6, 6.07) is 54.7. The van der Waals surface area contributed by atoms with Gasteiger partial charge in [-0.3, -0.25) is 4.98 Å². The largest absolute Gasteiger partial charge is 0.309 e. The van der Waals surface area contributed by atoms with E-state index in [2.05, 4.69) is 188 Å². The van der Waals surface area contributed by atoms with Crippen LogP contribution >= 0.6 is 0 Å². The van der Waals surface area contributed by atoms with Crippen LogP contribution in [0, 0.1) is 27.7 Å². The van der Waals surface area contributed by atoms with Crippen LogP contribution in [-0.4, -0.2) is 19.1 Å². The molecule has 4 heteroatoms. The zero-order valence-corrected chi connectivity index (χ0v) is 30.8. The maximum absolute atomic E-state index is 5.40. The molecular weight excluding hydrogens is 657 g/mol. The first-order chi connectivity index (χ1) is 26.4. The van der Waals surface area contributed by atoms with E-state index < -0.39 is 0 Å². The average Bonchev–Trinajstić information content (AvgIpc) is 3.72. The number of benzene rings is 6. The van der Waals surface area contributed by atoms with E-state index in [0.717, 1.165) is 56.3 Å². The maximum Gasteiger partial charge on any atom is 0.0742 e. The molecule has 6 aromatic carbocycles. The summed E-state index contributed by atoms with van der Waals surface area (Å²) in [5.74, 6) is 0. The molecule has 0 aliphatic carbocycles. The molecule has 0 unspecified atom stereocenters. The molecule has 4 heterocycles. The van der Waals surface area contributed by atoms with E-state index >= 15 is 0 Å². The molecule has 0 atom stereocenters. The maximum atomic E-state index is 5.40. The van der Waals surface area contributed by atoms with Crippen molar-refractivity contribution in [2.75, 3.05) is 0 Å². The second-order valence-electron chi connectivity index (χ2n) is 14.5. The predicted octanol–water partition coefficient (Wildman–Crippen LogP) is 12.9. The van der Waals surface area contributed by atoms with E-state index in [-0.39, 0.29) is 0 Å². The normalized spacial score (nSPS) is 11.7. The van der Waals surface area contributed by atoms with Gasteiger partial charge in [-0.1, -0.05) is 91.0 Å². The van der Waals surface area contributed by atoms with Gasteiger partial charge in [-0.15, -0.1) is 0 Å². The Morgan fingerprint density at radius 1 is 0.370 bits per heavy atom. The molecule has 4 aromatic heterocycles. The summed E-state index contributed by atoms with van der Waals surface area (Å²) in [6.45, 7) is 8.64. The van der Waals surface area contributed by atoms with Crippen LogP contribution in [0.25, 0.3) is 88.8 Å². The number of aromatic nitrogens is 4. The highest BCUT2D eigenvalue weighted by Gasteiger charge is 2.18. The Kier molecular flexibility index (Phi) is 7.34. The molecule has 4 nitrogen and oxygen atoms in total. The molecule has 0 aliphatic rings. The first kappa shape index (κ1) is 31.9. The Balaban J connectivity index is 1.06. The van der Waals surface area contributed by atoms with Gasteiger partial charge in [0.2, 0.25) is 0 Å². The Bertz CT molecular complexity index is 3000. The van der Waals surface area contributed by atoms with E-state index in [1.165, 1.54) is 54.7 Å². The van der Waals surface area contributed by atoms with E-state index in [1.807, 2.05) is 6.20 Å². The van der Waals surface area contributed by atoms with E-state index in [0.29, 0.717) is 0 Å². The second kappa shape index (κ2) is 12.4. The van der Waals surface area contributed by atoms with E-state index in [4.69, 9.17) is 9.97 Å². The number of hydrogen-bond donors (Lipinski definition) is 0. The van der Waals surface area contributed by atoms with Gasteiger partial charge in [0.1, 0.15) is 0 Å². The Labute approximate surface area is 314 Å². The Morgan fingerprint density at radius 2 is 0.870 bits per heavy atom. The van der Waals surface area contributed by atoms with Gasteiger partial charge in [-0.05, 0) is 111 Å². The second-order valence-corrected chi connectivity index (χ2v) is 14.5. The Hall–Kier alpha value is -6.78. The molecule has 0 bridgehead atoms. The van der Waals surface area contributed by atoms with Crippen molar-refractivity contribution in [3.8, 4) is 45.1 Å². The van der Waals surface area contributed by atoms with E-state index in [9.17, 15) is 0 Å². The summed E-state index contributed by atoms with van der Waals surface area (Å²) in [7, 11) is 0. The quantitative estimate of drug-likeness (QED) is 0.180. The van der Waals surface area contributed by atoms with Crippen LogP contribution in [0.4, 0.5) is 0 Å². The standard InChI is InChI=1S/C50H38N4/c1-31-21-23-36(54-48-19-11-7-15-40(48)41-16-8-12-20-49(41)54)28-42(31)44-26-22-32(2)50(52-44)43-29-45(51-30-34(43)4)37-25-24-35(27-33(37)3)53-46-17-9-5-13-38(46)39-14-6-10-18-47(39)53/h5-30H,1-4H3. The lowest BCUT2D eigenvalue weighted by molar-refractivity contribution is 1.16. The molecule has 258 valence electrons. The molecule has 0 saturated heterocycles. The van der Waals surface area contributed by atoms with Crippen LogP contribution in [0.3, 0.4) is 0 Å². The minimum absolute atomic E-state index is 0.943. The SMILES string of the molecule is Cc1cc(-n2c3ccccc3c3ccccc32)ccc1-c1cc(-c2nc(-c3cc(-n4c5ccccc5c5ccccc54)ccc3C)ccc2C)c(C)cn1. The minimum atomic E-state index is 0.943. The van der Waals surface area contributed by atoms with Crippen LogP contribution in [0.5, 0.6) is 0 Å². The number of para-hydroxylation sites is 4. The van der Waals surface area contributed by atoms with Crippen molar-refractivity contribution in [2.45, 2.75) is 27.7 Å². The zero-order chi connectivity index (χ0) is 36.5. The van der Waals surface area contributed by atoms with Crippen molar-refractivity contribution in [1.82, 2.24) is 19.1 Å². The van der Waals surface area contributed by atoms with Crippen LogP contribution in [0.15, 0.2) is 158 Å².